The third-order valence-electron chi connectivity index (χ3n) is 7.13. The number of hydrogen-bond donors (Lipinski definition) is 2. The number of carbonyl (C=O) groups is 1. The molecule has 1 aromatic heterocycles. The predicted molar refractivity (Wildman–Crippen MR) is 140 cm³/mol. The maximum absolute atomic E-state index is 13.1. The minimum absolute atomic E-state index is 0.0216. The number of aromatic nitrogens is 1. The van der Waals surface area contributed by atoms with Crippen molar-refractivity contribution in [3.8, 4) is 5.75 Å². The lowest BCUT2D eigenvalue weighted by Crippen LogP contribution is -2.47. The summed E-state index contributed by atoms with van der Waals surface area (Å²) in [6.07, 6.45) is 3.33. The highest BCUT2D eigenvalue weighted by Crippen LogP contribution is 2.35. The topological polar surface area (TPSA) is 109 Å². The van der Waals surface area contributed by atoms with Crippen molar-refractivity contribution in [2.24, 2.45) is 5.92 Å². The molecule has 2 aliphatic rings. The fourth-order valence-corrected chi connectivity index (χ4v) is 7.43. The van der Waals surface area contributed by atoms with E-state index >= 15 is 0 Å². The van der Waals surface area contributed by atoms with Crippen LogP contribution in [0, 0.1) is 5.92 Å². The number of ether oxygens (including phenoxy) is 1. The fourth-order valence-electron chi connectivity index (χ4n) is 5.34. The predicted octanol–water partition coefficient (Wildman–Crippen LogP) is 3.13. The minimum atomic E-state index is -3.15. The van der Waals surface area contributed by atoms with Gasteiger partial charge in [-0.05, 0) is 77.1 Å². The summed E-state index contributed by atoms with van der Waals surface area (Å²) in [4.78, 5) is 19.7. The first-order valence-electron chi connectivity index (χ1n) is 12.7. The van der Waals surface area contributed by atoms with Gasteiger partial charge in [-0.3, -0.25) is 9.78 Å². The molecule has 0 saturated carbocycles. The summed E-state index contributed by atoms with van der Waals surface area (Å²) in [5, 5.41) is 14.4. The Morgan fingerprint density at radius 1 is 1.33 bits per heavy atom. The van der Waals surface area contributed by atoms with Gasteiger partial charge in [0.1, 0.15) is 12.0 Å². The lowest BCUT2D eigenvalue weighted by molar-refractivity contribution is 0.0911. The Hall–Kier alpha value is -2.65. The van der Waals surface area contributed by atoms with Gasteiger partial charge in [0.25, 0.3) is 5.91 Å². The van der Waals surface area contributed by atoms with Crippen molar-refractivity contribution in [1.82, 2.24) is 10.3 Å². The quantitative estimate of drug-likeness (QED) is 0.583. The van der Waals surface area contributed by atoms with Crippen LogP contribution in [0.4, 0.5) is 5.69 Å². The molecule has 4 rings (SSSR count). The first-order chi connectivity index (χ1) is 17.0. The fraction of sp³-hybridized carbons (Fsp3) is 0.556. The Kier molecular flexibility index (Phi) is 7.61. The van der Waals surface area contributed by atoms with Gasteiger partial charge < -0.3 is 20.1 Å². The number of aliphatic hydroxyl groups excluding tert-OH is 1. The smallest absolute Gasteiger partial charge is 0.253 e. The summed E-state index contributed by atoms with van der Waals surface area (Å²) >= 11 is 0. The number of pyridine rings is 1. The second-order valence-corrected chi connectivity index (χ2v) is 12.7. The first kappa shape index (κ1) is 26.4. The van der Waals surface area contributed by atoms with E-state index in [0.717, 1.165) is 29.1 Å². The number of rotatable bonds is 7. The van der Waals surface area contributed by atoms with E-state index in [1.165, 1.54) is 0 Å². The van der Waals surface area contributed by atoms with Crippen molar-refractivity contribution in [3.05, 3.63) is 53.3 Å². The van der Waals surface area contributed by atoms with E-state index in [4.69, 9.17) is 4.74 Å². The molecule has 36 heavy (non-hydrogen) atoms. The molecule has 1 amide bonds. The monoisotopic (exact) mass is 515 g/mol. The van der Waals surface area contributed by atoms with Crippen molar-refractivity contribution in [2.45, 2.75) is 71.2 Å². The Morgan fingerprint density at radius 2 is 2.11 bits per heavy atom. The molecule has 2 unspecified atom stereocenters. The Balaban J connectivity index is 1.57. The van der Waals surface area contributed by atoms with Gasteiger partial charge in [0.05, 0.1) is 40.6 Å². The highest BCUT2D eigenvalue weighted by molar-refractivity contribution is 7.91. The Bertz CT molecular complexity index is 1220. The van der Waals surface area contributed by atoms with Crippen LogP contribution in [-0.4, -0.2) is 60.3 Å². The van der Waals surface area contributed by atoms with Gasteiger partial charge in [0, 0.05) is 18.2 Å². The van der Waals surface area contributed by atoms with Crippen molar-refractivity contribution < 1.29 is 23.1 Å². The van der Waals surface area contributed by atoms with Gasteiger partial charge in [-0.15, -0.1) is 0 Å². The van der Waals surface area contributed by atoms with E-state index in [2.05, 4.69) is 16.4 Å². The minimum Gasteiger partial charge on any atom is -0.494 e. The van der Waals surface area contributed by atoms with Gasteiger partial charge in [0.15, 0.2) is 9.84 Å². The lowest BCUT2D eigenvalue weighted by atomic mass is 9.92. The number of anilines is 1. The molecular weight excluding hydrogens is 478 g/mol. The molecule has 2 aliphatic heterocycles. The second kappa shape index (κ2) is 10.4. The number of nitrogens with zero attached hydrogens (tertiary/aromatic N) is 2. The molecule has 2 N–H and O–H groups in total. The SMILES string of the molecule is CCOc1cccc(CC2CCc3ncc(C(=O)N[C@]4(C)CCS(=O)(=O)C4)cc3N(C(C)C)C2O)c1. The third-order valence-corrected chi connectivity index (χ3v) is 9.03. The van der Waals surface area contributed by atoms with Crippen LogP contribution in [0.5, 0.6) is 5.75 Å². The summed E-state index contributed by atoms with van der Waals surface area (Å²) < 4.78 is 29.6. The summed E-state index contributed by atoms with van der Waals surface area (Å²) in [5.41, 5.74) is 2.27. The largest absolute Gasteiger partial charge is 0.494 e. The molecule has 3 atom stereocenters. The molecule has 0 aliphatic carbocycles. The van der Waals surface area contributed by atoms with E-state index in [-0.39, 0.29) is 29.4 Å². The number of fused-ring (bicyclic) bond motifs is 1. The van der Waals surface area contributed by atoms with Gasteiger partial charge in [-0.2, -0.15) is 0 Å². The molecule has 1 fully saturated rings. The first-order valence-corrected chi connectivity index (χ1v) is 14.5. The van der Waals surface area contributed by atoms with Gasteiger partial charge >= 0.3 is 0 Å². The van der Waals surface area contributed by atoms with Gasteiger partial charge in [0.2, 0.25) is 0 Å². The zero-order valence-electron chi connectivity index (χ0n) is 21.5. The molecule has 3 heterocycles. The molecule has 196 valence electrons. The molecule has 1 saturated heterocycles. The number of sulfone groups is 1. The van der Waals surface area contributed by atoms with Gasteiger partial charge in [-0.25, -0.2) is 8.42 Å². The number of hydrogen-bond acceptors (Lipinski definition) is 7. The molecular formula is C27H37N3O5S. The van der Waals surface area contributed by atoms with Crippen LogP contribution in [-0.2, 0) is 22.7 Å². The maximum Gasteiger partial charge on any atom is 0.253 e. The van der Waals surface area contributed by atoms with Crippen molar-refractivity contribution >= 4 is 21.4 Å². The zero-order chi connectivity index (χ0) is 26.1. The van der Waals surface area contributed by atoms with Crippen LogP contribution >= 0.6 is 0 Å². The van der Waals surface area contributed by atoms with Crippen molar-refractivity contribution in [2.75, 3.05) is 23.0 Å². The van der Waals surface area contributed by atoms with E-state index in [1.807, 2.05) is 43.9 Å². The standard InChI is InChI=1S/C27H37N3O5S/c1-5-35-22-8-6-7-19(14-22)13-20-9-10-23-24(30(18(2)3)26(20)32)15-21(16-28-23)25(31)29-27(4)11-12-36(33,34)17-27/h6-8,14-16,18,20,26,32H,5,9-13,17H2,1-4H3,(H,29,31)/t20?,26?,27-/m1/s1. The van der Waals surface area contributed by atoms with Crippen molar-refractivity contribution in [3.63, 3.8) is 0 Å². The van der Waals surface area contributed by atoms with Crippen LogP contribution in [0.15, 0.2) is 36.5 Å². The maximum atomic E-state index is 13.1. The summed E-state index contributed by atoms with van der Waals surface area (Å²) in [6, 6.07) is 9.75. The average Bonchev–Trinajstić information content (AvgIpc) is 3.00. The molecule has 8 nitrogen and oxygen atoms in total. The number of amides is 1. The normalized spacial score (nSPS) is 25.3. The average molecular weight is 516 g/mol. The van der Waals surface area contributed by atoms with Crippen LogP contribution in [0.25, 0.3) is 0 Å². The van der Waals surface area contributed by atoms with Crippen LogP contribution in [0.3, 0.4) is 0 Å². The number of carbonyl (C=O) groups excluding carboxylic acids is 1. The summed E-state index contributed by atoms with van der Waals surface area (Å²) in [5.74, 6) is 0.458. The second-order valence-electron chi connectivity index (χ2n) is 10.5. The number of aryl methyl sites for hydroxylation is 1. The highest BCUT2D eigenvalue weighted by atomic mass is 32.2. The number of benzene rings is 1. The van der Waals surface area contributed by atoms with Crippen LogP contribution < -0.4 is 15.0 Å². The van der Waals surface area contributed by atoms with E-state index < -0.39 is 21.6 Å². The molecule has 0 bridgehead atoms. The summed E-state index contributed by atoms with van der Waals surface area (Å²) in [6.45, 7) is 8.35. The van der Waals surface area contributed by atoms with Crippen LogP contribution in [0.1, 0.15) is 62.2 Å². The van der Waals surface area contributed by atoms with Gasteiger partial charge in [-0.1, -0.05) is 12.1 Å². The molecule has 0 spiro atoms. The number of aliphatic hydroxyl groups is 1. The molecule has 0 radical (unpaired) electrons. The summed E-state index contributed by atoms with van der Waals surface area (Å²) in [7, 11) is -3.15. The lowest BCUT2D eigenvalue weighted by Gasteiger charge is -2.37. The third kappa shape index (κ3) is 5.83. The highest BCUT2D eigenvalue weighted by Gasteiger charge is 2.40. The molecule has 9 heteroatoms. The molecule has 2 aromatic rings. The van der Waals surface area contributed by atoms with Crippen LogP contribution in [0.2, 0.25) is 0 Å². The van der Waals surface area contributed by atoms with E-state index in [0.29, 0.717) is 31.4 Å². The Morgan fingerprint density at radius 3 is 2.78 bits per heavy atom. The molecule has 1 aromatic carbocycles. The zero-order valence-corrected chi connectivity index (χ0v) is 22.3. The van der Waals surface area contributed by atoms with E-state index in [1.54, 1.807) is 19.2 Å². The Labute approximate surface area is 214 Å². The van der Waals surface area contributed by atoms with E-state index in [9.17, 15) is 18.3 Å². The number of nitrogens with one attached hydrogen (secondary N) is 1. The van der Waals surface area contributed by atoms with Crippen molar-refractivity contribution in [1.29, 1.82) is 0 Å².